The Morgan fingerprint density at radius 1 is 1.00 bits per heavy atom. The Morgan fingerprint density at radius 3 is 2.22 bits per heavy atom. The first-order chi connectivity index (χ1) is 10.9. The summed E-state index contributed by atoms with van der Waals surface area (Å²) in [4.78, 5) is 0. The number of halogens is 1. The number of rotatable bonds is 7. The van der Waals surface area contributed by atoms with Gasteiger partial charge in [0.1, 0.15) is 5.82 Å². The van der Waals surface area contributed by atoms with Gasteiger partial charge >= 0.3 is 0 Å². The quantitative estimate of drug-likeness (QED) is 0.830. The van der Waals surface area contributed by atoms with Crippen LogP contribution in [0.4, 0.5) is 4.39 Å². The molecular weight excluding hydrogens is 313 g/mol. The first kappa shape index (κ1) is 17.6. The van der Waals surface area contributed by atoms with E-state index in [1.54, 1.807) is 12.1 Å². The van der Waals surface area contributed by atoms with Crippen molar-refractivity contribution in [3.63, 3.8) is 0 Å². The summed E-state index contributed by atoms with van der Waals surface area (Å²) in [6, 6.07) is 15.1. The van der Waals surface area contributed by atoms with Crippen molar-refractivity contribution < 1.29 is 12.8 Å². The number of sulfonamides is 1. The summed E-state index contributed by atoms with van der Waals surface area (Å²) >= 11 is 0. The Balaban J connectivity index is 2.19. The molecule has 0 aromatic heterocycles. The zero-order valence-corrected chi connectivity index (χ0v) is 14.2. The normalized spacial score (nSPS) is 13.2. The summed E-state index contributed by atoms with van der Waals surface area (Å²) in [6.07, 6.45) is 0.681. The summed E-state index contributed by atoms with van der Waals surface area (Å²) < 4.78 is 41.3. The van der Waals surface area contributed by atoms with E-state index in [-0.39, 0.29) is 17.4 Å². The van der Waals surface area contributed by atoms with Gasteiger partial charge in [-0.25, -0.2) is 17.5 Å². The van der Waals surface area contributed by atoms with Gasteiger partial charge in [0.25, 0.3) is 0 Å². The molecule has 0 bridgehead atoms. The van der Waals surface area contributed by atoms with Crippen LogP contribution in [-0.2, 0) is 15.8 Å². The molecule has 2 aromatic carbocycles. The van der Waals surface area contributed by atoms with Gasteiger partial charge in [-0.2, -0.15) is 0 Å². The average molecular weight is 335 g/mol. The molecule has 0 radical (unpaired) electrons. The van der Waals surface area contributed by atoms with E-state index in [1.165, 1.54) is 12.1 Å². The second-order valence-corrected chi connectivity index (χ2v) is 7.82. The second kappa shape index (κ2) is 7.70. The average Bonchev–Trinajstić information content (AvgIpc) is 2.49. The lowest BCUT2D eigenvalue weighted by Crippen LogP contribution is -2.30. The van der Waals surface area contributed by atoms with Crippen molar-refractivity contribution in [2.45, 2.75) is 32.1 Å². The van der Waals surface area contributed by atoms with E-state index in [0.29, 0.717) is 12.3 Å². The molecule has 0 aliphatic carbocycles. The van der Waals surface area contributed by atoms with Crippen LogP contribution in [0.1, 0.15) is 37.4 Å². The fourth-order valence-electron chi connectivity index (χ4n) is 2.49. The van der Waals surface area contributed by atoms with Crippen LogP contribution in [0.3, 0.4) is 0 Å². The molecule has 0 saturated carbocycles. The molecule has 1 atom stereocenters. The monoisotopic (exact) mass is 335 g/mol. The zero-order chi connectivity index (χ0) is 16.9. The molecule has 0 fully saturated rings. The van der Waals surface area contributed by atoms with Gasteiger partial charge in [0.2, 0.25) is 10.0 Å². The molecule has 1 N–H and O–H groups in total. The van der Waals surface area contributed by atoms with Crippen LogP contribution < -0.4 is 4.72 Å². The molecular formula is C18H22FNO2S. The first-order valence-electron chi connectivity index (χ1n) is 7.66. The molecule has 3 nitrogen and oxygen atoms in total. The van der Waals surface area contributed by atoms with Crippen molar-refractivity contribution in [1.82, 2.24) is 4.72 Å². The minimum atomic E-state index is -3.64. The predicted octanol–water partition coefficient (Wildman–Crippen LogP) is 4.03. The van der Waals surface area contributed by atoms with Crippen LogP contribution in [0.2, 0.25) is 0 Å². The van der Waals surface area contributed by atoms with Crippen LogP contribution >= 0.6 is 0 Å². The summed E-state index contributed by atoms with van der Waals surface area (Å²) in [7, 11) is -3.64. The van der Waals surface area contributed by atoms with Gasteiger partial charge < -0.3 is 0 Å². The third kappa shape index (κ3) is 5.44. The highest BCUT2D eigenvalue weighted by Gasteiger charge is 2.21. The van der Waals surface area contributed by atoms with Crippen LogP contribution in [0.15, 0.2) is 54.6 Å². The number of nitrogens with one attached hydrogen (secondary N) is 1. The number of hydrogen-bond acceptors (Lipinski definition) is 2. The Kier molecular flexibility index (Phi) is 5.91. The Hall–Kier alpha value is -1.72. The SMILES string of the molecule is CC(C)CC(NS(=O)(=O)Cc1ccccc1F)c1ccccc1. The van der Waals surface area contributed by atoms with E-state index < -0.39 is 15.8 Å². The van der Waals surface area contributed by atoms with E-state index in [4.69, 9.17) is 0 Å². The van der Waals surface area contributed by atoms with Gasteiger partial charge in [0.05, 0.1) is 5.75 Å². The number of hydrogen-bond donors (Lipinski definition) is 1. The molecule has 1 unspecified atom stereocenters. The lowest BCUT2D eigenvalue weighted by Gasteiger charge is -2.21. The first-order valence-corrected chi connectivity index (χ1v) is 9.31. The maximum atomic E-state index is 13.7. The molecule has 0 aliphatic heterocycles. The van der Waals surface area contributed by atoms with Crippen LogP contribution in [0.25, 0.3) is 0 Å². The van der Waals surface area contributed by atoms with Crippen LogP contribution in [-0.4, -0.2) is 8.42 Å². The van der Waals surface area contributed by atoms with Crippen molar-refractivity contribution in [3.8, 4) is 0 Å². The molecule has 0 saturated heterocycles. The molecule has 0 spiro atoms. The zero-order valence-electron chi connectivity index (χ0n) is 13.4. The highest BCUT2D eigenvalue weighted by molar-refractivity contribution is 7.88. The second-order valence-electron chi connectivity index (χ2n) is 6.06. The third-order valence-electron chi connectivity index (χ3n) is 3.53. The third-order valence-corrected chi connectivity index (χ3v) is 4.87. The summed E-state index contributed by atoms with van der Waals surface area (Å²) in [6.45, 7) is 4.09. The van der Waals surface area contributed by atoms with E-state index in [0.717, 1.165) is 5.56 Å². The van der Waals surface area contributed by atoms with E-state index >= 15 is 0 Å². The fraction of sp³-hybridized carbons (Fsp3) is 0.333. The molecule has 0 amide bonds. The van der Waals surface area contributed by atoms with Crippen molar-refractivity contribution in [3.05, 3.63) is 71.5 Å². The lowest BCUT2D eigenvalue weighted by atomic mass is 9.98. The minimum absolute atomic E-state index is 0.177. The highest BCUT2D eigenvalue weighted by Crippen LogP contribution is 2.23. The van der Waals surface area contributed by atoms with E-state index in [2.05, 4.69) is 4.72 Å². The van der Waals surface area contributed by atoms with Gasteiger partial charge in [0, 0.05) is 11.6 Å². The largest absolute Gasteiger partial charge is 0.216 e. The van der Waals surface area contributed by atoms with Crippen LogP contribution in [0.5, 0.6) is 0 Å². The molecule has 0 aliphatic rings. The van der Waals surface area contributed by atoms with Crippen molar-refractivity contribution >= 4 is 10.0 Å². The summed E-state index contributed by atoms with van der Waals surface area (Å²) in [5, 5.41) is 0. The molecule has 0 heterocycles. The van der Waals surface area contributed by atoms with Crippen molar-refractivity contribution in [2.24, 2.45) is 5.92 Å². The lowest BCUT2D eigenvalue weighted by molar-refractivity contribution is 0.471. The summed E-state index contributed by atoms with van der Waals surface area (Å²) in [5.74, 6) is -0.532. The van der Waals surface area contributed by atoms with E-state index in [9.17, 15) is 12.8 Å². The van der Waals surface area contributed by atoms with Gasteiger partial charge in [-0.15, -0.1) is 0 Å². The Labute approximate surface area is 137 Å². The van der Waals surface area contributed by atoms with Gasteiger partial charge in [-0.05, 0) is 24.0 Å². The van der Waals surface area contributed by atoms with Crippen LogP contribution in [0, 0.1) is 11.7 Å². The minimum Gasteiger partial charge on any atom is -0.212 e. The molecule has 2 rings (SSSR count). The smallest absolute Gasteiger partial charge is 0.212 e. The van der Waals surface area contributed by atoms with Crippen molar-refractivity contribution in [2.75, 3.05) is 0 Å². The number of benzene rings is 2. The Bertz CT molecular complexity index is 730. The molecule has 5 heteroatoms. The Morgan fingerprint density at radius 2 is 1.61 bits per heavy atom. The van der Waals surface area contributed by atoms with Gasteiger partial charge in [-0.3, -0.25) is 0 Å². The molecule has 2 aromatic rings. The van der Waals surface area contributed by atoms with Gasteiger partial charge in [-0.1, -0.05) is 62.4 Å². The van der Waals surface area contributed by atoms with E-state index in [1.807, 2.05) is 44.2 Å². The summed E-state index contributed by atoms with van der Waals surface area (Å²) in [5.41, 5.74) is 1.09. The highest BCUT2D eigenvalue weighted by atomic mass is 32.2. The fourth-order valence-corrected chi connectivity index (χ4v) is 3.88. The maximum absolute atomic E-state index is 13.7. The topological polar surface area (TPSA) is 46.2 Å². The standard InChI is InChI=1S/C18H22FNO2S/c1-14(2)12-18(15-8-4-3-5-9-15)20-23(21,22)13-16-10-6-7-11-17(16)19/h3-11,14,18,20H,12-13H2,1-2H3. The molecule has 23 heavy (non-hydrogen) atoms. The predicted molar refractivity (Wildman–Crippen MR) is 90.8 cm³/mol. The molecule has 124 valence electrons. The maximum Gasteiger partial charge on any atom is 0.216 e. The van der Waals surface area contributed by atoms with Crippen molar-refractivity contribution in [1.29, 1.82) is 0 Å². The van der Waals surface area contributed by atoms with Gasteiger partial charge in [0.15, 0.2) is 0 Å².